The summed E-state index contributed by atoms with van der Waals surface area (Å²) in [6.45, 7) is 3.23. The zero-order valence-corrected chi connectivity index (χ0v) is 17.7. The summed E-state index contributed by atoms with van der Waals surface area (Å²) >= 11 is 0. The van der Waals surface area contributed by atoms with E-state index < -0.39 is 5.82 Å². The molecule has 0 radical (unpaired) electrons. The van der Waals surface area contributed by atoms with Crippen LogP contribution in [0.5, 0.6) is 0 Å². The lowest BCUT2D eigenvalue weighted by molar-refractivity contribution is -0.117. The van der Waals surface area contributed by atoms with Gasteiger partial charge < -0.3 is 20.7 Å². The number of allylic oxidation sites excluding steroid dienone is 1. The van der Waals surface area contributed by atoms with Gasteiger partial charge in [-0.2, -0.15) is 4.39 Å². The van der Waals surface area contributed by atoms with Gasteiger partial charge in [-0.25, -0.2) is 9.97 Å². The number of nitrogens with two attached hydrogens (primary N) is 1. The Morgan fingerprint density at radius 2 is 2.06 bits per heavy atom. The van der Waals surface area contributed by atoms with Crippen molar-refractivity contribution in [1.82, 2.24) is 9.97 Å². The van der Waals surface area contributed by atoms with E-state index in [0.717, 1.165) is 49.1 Å². The number of carbonyl (C=O) groups excluding carboxylic acids is 1. The Morgan fingerprint density at radius 1 is 1.29 bits per heavy atom. The summed E-state index contributed by atoms with van der Waals surface area (Å²) in [5, 5.41) is 3.07. The molecule has 7 nitrogen and oxygen atoms in total. The number of aromatic nitrogens is 2. The number of ether oxygens (including phenoxy) is 1. The van der Waals surface area contributed by atoms with E-state index in [2.05, 4.69) is 28.3 Å². The summed E-state index contributed by atoms with van der Waals surface area (Å²) in [7, 11) is 0. The quantitative estimate of drug-likeness (QED) is 0.674. The second kappa shape index (κ2) is 9.32. The van der Waals surface area contributed by atoms with Gasteiger partial charge in [-0.3, -0.25) is 4.79 Å². The maximum atomic E-state index is 15.3. The fourth-order valence-electron chi connectivity index (χ4n) is 4.29. The van der Waals surface area contributed by atoms with Crippen LogP contribution in [0, 0.1) is 5.82 Å². The molecule has 2 atom stereocenters. The summed E-state index contributed by atoms with van der Waals surface area (Å²) < 4.78 is 21.4. The Bertz CT molecular complexity index is 963. The predicted molar refractivity (Wildman–Crippen MR) is 117 cm³/mol. The Morgan fingerprint density at radius 3 is 2.77 bits per heavy atom. The van der Waals surface area contributed by atoms with Gasteiger partial charge in [0.25, 0.3) is 0 Å². The van der Waals surface area contributed by atoms with Crippen molar-refractivity contribution in [3.63, 3.8) is 0 Å². The topological polar surface area (TPSA) is 93.4 Å². The molecule has 3 N–H and O–H groups in total. The SMILES string of the molecule is CCC1=CCC(C2CCCN2c2ncnc(NCc3ccc(CC(N)=O)cc3)c2F)O1. The summed E-state index contributed by atoms with van der Waals surface area (Å²) in [5.74, 6) is 0.707. The van der Waals surface area contributed by atoms with Gasteiger partial charge in [-0.05, 0) is 30.0 Å². The molecule has 0 spiro atoms. The predicted octanol–water partition coefficient (Wildman–Crippen LogP) is 3.31. The average Bonchev–Trinajstić information content (AvgIpc) is 3.43. The first kappa shape index (κ1) is 21.1. The van der Waals surface area contributed by atoms with Gasteiger partial charge in [0, 0.05) is 25.9 Å². The Hall–Kier alpha value is -3.16. The first-order chi connectivity index (χ1) is 15.0. The molecule has 2 unspecified atom stereocenters. The van der Waals surface area contributed by atoms with E-state index in [1.165, 1.54) is 6.33 Å². The molecule has 1 amide bonds. The van der Waals surface area contributed by atoms with Crippen molar-refractivity contribution in [3.05, 3.63) is 59.4 Å². The van der Waals surface area contributed by atoms with Crippen molar-refractivity contribution >= 4 is 17.5 Å². The first-order valence-corrected chi connectivity index (χ1v) is 10.8. The highest BCUT2D eigenvalue weighted by atomic mass is 19.1. The lowest BCUT2D eigenvalue weighted by Crippen LogP contribution is -2.40. The number of benzene rings is 1. The lowest BCUT2D eigenvalue weighted by Gasteiger charge is -2.30. The van der Waals surface area contributed by atoms with Crippen molar-refractivity contribution < 1.29 is 13.9 Å². The van der Waals surface area contributed by atoms with Crippen LogP contribution in [0.1, 0.15) is 43.7 Å². The van der Waals surface area contributed by atoms with Crippen molar-refractivity contribution in [2.45, 2.75) is 57.7 Å². The number of hydrogen-bond acceptors (Lipinski definition) is 6. The molecule has 1 aromatic carbocycles. The molecule has 164 valence electrons. The van der Waals surface area contributed by atoms with Crippen molar-refractivity contribution in [1.29, 1.82) is 0 Å². The highest BCUT2D eigenvalue weighted by molar-refractivity contribution is 5.76. The molecule has 2 aromatic rings. The number of hydrogen-bond donors (Lipinski definition) is 2. The smallest absolute Gasteiger partial charge is 0.221 e. The van der Waals surface area contributed by atoms with Gasteiger partial charge in [-0.15, -0.1) is 0 Å². The molecule has 0 saturated carbocycles. The van der Waals surface area contributed by atoms with Crippen LogP contribution in [0.15, 0.2) is 42.4 Å². The number of rotatable bonds is 8. The third-order valence-electron chi connectivity index (χ3n) is 5.86. The normalized spacial score (nSPS) is 20.5. The van der Waals surface area contributed by atoms with Crippen LogP contribution in [-0.4, -0.2) is 34.6 Å². The summed E-state index contributed by atoms with van der Waals surface area (Å²) in [6, 6.07) is 7.57. The van der Waals surface area contributed by atoms with Gasteiger partial charge in [0.05, 0.1) is 18.2 Å². The van der Waals surface area contributed by atoms with E-state index in [9.17, 15) is 4.79 Å². The number of carbonyl (C=O) groups is 1. The summed E-state index contributed by atoms with van der Waals surface area (Å²) in [5.41, 5.74) is 7.02. The van der Waals surface area contributed by atoms with E-state index in [1.54, 1.807) is 0 Å². The Labute approximate surface area is 181 Å². The minimum atomic E-state index is -0.443. The zero-order valence-electron chi connectivity index (χ0n) is 17.7. The number of halogens is 1. The second-order valence-corrected chi connectivity index (χ2v) is 7.99. The molecule has 2 aliphatic heterocycles. The molecule has 0 aliphatic carbocycles. The van der Waals surface area contributed by atoms with E-state index in [0.29, 0.717) is 12.4 Å². The maximum absolute atomic E-state index is 15.3. The molecule has 2 aliphatic rings. The van der Waals surface area contributed by atoms with Crippen LogP contribution in [-0.2, 0) is 22.5 Å². The average molecular weight is 426 g/mol. The lowest BCUT2D eigenvalue weighted by atomic mass is 10.1. The van der Waals surface area contributed by atoms with Crippen LogP contribution >= 0.6 is 0 Å². The first-order valence-electron chi connectivity index (χ1n) is 10.8. The summed E-state index contributed by atoms with van der Waals surface area (Å²) in [6.07, 6.45) is 7.46. The minimum Gasteiger partial charge on any atom is -0.493 e. The molecule has 4 rings (SSSR count). The standard InChI is InChI=1S/C23H28FN5O2/c1-2-17-9-10-19(31-17)18-4-3-11-29(18)23-21(24)22(27-14-28-23)26-13-16-7-5-15(6-8-16)12-20(25)30/h5-9,14,18-19H,2-4,10-13H2,1H3,(H2,25,30)(H,26,27,28). The van der Waals surface area contributed by atoms with E-state index in [4.69, 9.17) is 10.5 Å². The van der Waals surface area contributed by atoms with Crippen molar-refractivity contribution in [2.24, 2.45) is 5.73 Å². The second-order valence-electron chi connectivity index (χ2n) is 7.99. The van der Waals surface area contributed by atoms with Gasteiger partial charge >= 0.3 is 0 Å². The van der Waals surface area contributed by atoms with E-state index in [-0.39, 0.29) is 30.3 Å². The Kier molecular flexibility index (Phi) is 6.34. The third-order valence-corrected chi connectivity index (χ3v) is 5.86. The van der Waals surface area contributed by atoms with Crippen LogP contribution in [0.25, 0.3) is 0 Å². The van der Waals surface area contributed by atoms with Crippen LogP contribution in [0.4, 0.5) is 16.0 Å². The number of primary amides is 1. The Balaban J connectivity index is 1.44. The van der Waals surface area contributed by atoms with E-state index in [1.807, 2.05) is 29.2 Å². The van der Waals surface area contributed by atoms with Crippen LogP contribution in [0.2, 0.25) is 0 Å². The van der Waals surface area contributed by atoms with Crippen molar-refractivity contribution in [2.75, 3.05) is 16.8 Å². The molecule has 0 bridgehead atoms. The summed E-state index contributed by atoms with van der Waals surface area (Å²) in [4.78, 5) is 21.4. The van der Waals surface area contributed by atoms with Crippen molar-refractivity contribution in [3.8, 4) is 0 Å². The molecule has 1 saturated heterocycles. The largest absolute Gasteiger partial charge is 0.493 e. The fraction of sp³-hybridized carbons (Fsp3) is 0.435. The fourth-order valence-corrected chi connectivity index (χ4v) is 4.29. The molecule has 3 heterocycles. The highest BCUT2D eigenvalue weighted by Gasteiger charge is 2.37. The van der Waals surface area contributed by atoms with Gasteiger partial charge in [0.1, 0.15) is 12.4 Å². The molecular formula is C23H28FN5O2. The highest BCUT2D eigenvalue weighted by Crippen LogP contribution is 2.34. The van der Waals surface area contributed by atoms with Gasteiger partial charge in [0.15, 0.2) is 11.6 Å². The monoisotopic (exact) mass is 425 g/mol. The van der Waals surface area contributed by atoms with Gasteiger partial charge in [-0.1, -0.05) is 31.2 Å². The van der Waals surface area contributed by atoms with E-state index >= 15 is 4.39 Å². The van der Waals surface area contributed by atoms with Crippen LogP contribution in [0.3, 0.4) is 0 Å². The molecule has 1 fully saturated rings. The number of nitrogens with one attached hydrogen (secondary N) is 1. The molecule has 8 heteroatoms. The van der Waals surface area contributed by atoms with Crippen LogP contribution < -0.4 is 16.0 Å². The number of amides is 1. The maximum Gasteiger partial charge on any atom is 0.221 e. The zero-order chi connectivity index (χ0) is 21.8. The minimum absolute atomic E-state index is 0.0436. The molecule has 31 heavy (non-hydrogen) atoms. The number of anilines is 2. The molecular weight excluding hydrogens is 397 g/mol. The molecule has 1 aromatic heterocycles. The van der Waals surface area contributed by atoms with Gasteiger partial charge in [0.2, 0.25) is 11.7 Å². The number of nitrogens with zero attached hydrogens (tertiary/aromatic N) is 3. The third kappa shape index (κ3) is 4.78.